The van der Waals surface area contributed by atoms with Gasteiger partial charge in [-0.3, -0.25) is 9.58 Å². The topological polar surface area (TPSA) is 84.4 Å². The minimum absolute atomic E-state index is 0.186. The number of anilines is 1. The van der Waals surface area contributed by atoms with Gasteiger partial charge in [0.15, 0.2) is 0 Å². The van der Waals surface area contributed by atoms with Crippen molar-refractivity contribution < 1.29 is 9.90 Å². The van der Waals surface area contributed by atoms with Crippen LogP contribution in [0.2, 0.25) is 0 Å². The average Bonchev–Trinajstić information content (AvgIpc) is 2.74. The van der Waals surface area contributed by atoms with Crippen molar-refractivity contribution >= 4 is 11.7 Å². The highest BCUT2D eigenvalue weighted by atomic mass is 16.4. The Hall–Kier alpha value is -2.34. The average molecular weight is 274 g/mol. The molecular formula is C14H18N4O2. The zero-order chi connectivity index (χ0) is 14.7. The summed E-state index contributed by atoms with van der Waals surface area (Å²) in [6.45, 7) is 1.21. The lowest BCUT2D eigenvalue weighted by Gasteiger charge is -2.17. The molecule has 0 atom stereocenters. The van der Waals surface area contributed by atoms with Crippen molar-refractivity contribution in [2.45, 2.75) is 13.1 Å². The number of hydrogen-bond acceptors (Lipinski definition) is 4. The number of benzene rings is 1. The van der Waals surface area contributed by atoms with Gasteiger partial charge < -0.3 is 10.8 Å². The summed E-state index contributed by atoms with van der Waals surface area (Å²) in [5, 5.41) is 13.4. The van der Waals surface area contributed by atoms with Crippen LogP contribution in [0, 0.1) is 0 Å². The van der Waals surface area contributed by atoms with Gasteiger partial charge in [-0.15, -0.1) is 0 Å². The number of carboxylic acids is 1. The summed E-state index contributed by atoms with van der Waals surface area (Å²) in [6.07, 6.45) is 3.74. The van der Waals surface area contributed by atoms with Crippen molar-refractivity contribution in [3.8, 4) is 0 Å². The fourth-order valence-electron chi connectivity index (χ4n) is 2.22. The molecule has 0 saturated carbocycles. The molecule has 1 heterocycles. The summed E-state index contributed by atoms with van der Waals surface area (Å²) in [5.74, 6) is -0.993. The third-order valence-corrected chi connectivity index (χ3v) is 3.05. The Morgan fingerprint density at radius 3 is 2.80 bits per heavy atom. The van der Waals surface area contributed by atoms with E-state index in [0.29, 0.717) is 24.3 Å². The Labute approximate surface area is 117 Å². The van der Waals surface area contributed by atoms with E-state index in [1.165, 1.54) is 0 Å². The van der Waals surface area contributed by atoms with Crippen LogP contribution in [0.15, 0.2) is 30.6 Å². The quantitative estimate of drug-likeness (QED) is 0.804. The van der Waals surface area contributed by atoms with Crippen molar-refractivity contribution in [1.29, 1.82) is 0 Å². The Morgan fingerprint density at radius 1 is 1.45 bits per heavy atom. The molecule has 3 N–H and O–H groups in total. The van der Waals surface area contributed by atoms with E-state index in [1.54, 1.807) is 29.1 Å². The molecule has 0 radical (unpaired) electrons. The highest BCUT2D eigenvalue weighted by Gasteiger charge is 2.15. The van der Waals surface area contributed by atoms with E-state index in [1.807, 2.05) is 25.2 Å². The second kappa shape index (κ2) is 5.75. The van der Waals surface area contributed by atoms with Crippen LogP contribution in [-0.2, 0) is 20.1 Å². The monoisotopic (exact) mass is 274 g/mol. The maximum absolute atomic E-state index is 11.3. The molecule has 0 aliphatic rings. The number of nitrogen functional groups attached to an aromatic ring is 1. The third kappa shape index (κ3) is 3.16. The Kier molecular flexibility index (Phi) is 4.05. The van der Waals surface area contributed by atoms with Gasteiger partial charge in [-0.2, -0.15) is 5.10 Å². The Morgan fingerprint density at radius 2 is 2.20 bits per heavy atom. The maximum atomic E-state index is 11.3. The summed E-state index contributed by atoms with van der Waals surface area (Å²) in [6, 6.07) is 5.17. The first-order chi connectivity index (χ1) is 9.47. The summed E-state index contributed by atoms with van der Waals surface area (Å²) in [7, 11) is 3.80. The number of aryl methyl sites for hydroxylation is 1. The minimum atomic E-state index is -0.993. The van der Waals surface area contributed by atoms with Gasteiger partial charge >= 0.3 is 5.97 Å². The third-order valence-electron chi connectivity index (χ3n) is 3.05. The molecule has 1 aromatic carbocycles. The molecule has 0 spiro atoms. The molecule has 0 unspecified atom stereocenters. The van der Waals surface area contributed by atoms with Gasteiger partial charge in [0.25, 0.3) is 0 Å². The molecule has 0 aliphatic carbocycles. The van der Waals surface area contributed by atoms with Crippen molar-refractivity contribution in [2.75, 3.05) is 12.8 Å². The number of hydrogen-bond donors (Lipinski definition) is 2. The smallest absolute Gasteiger partial charge is 0.338 e. The number of carbonyl (C=O) groups is 1. The maximum Gasteiger partial charge on any atom is 0.338 e. The van der Waals surface area contributed by atoms with E-state index in [-0.39, 0.29) is 5.56 Å². The van der Waals surface area contributed by atoms with Gasteiger partial charge in [-0.1, -0.05) is 12.1 Å². The van der Waals surface area contributed by atoms with Gasteiger partial charge in [0.1, 0.15) is 0 Å². The van der Waals surface area contributed by atoms with Gasteiger partial charge in [-0.25, -0.2) is 4.79 Å². The van der Waals surface area contributed by atoms with Crippen LogP contribution < -0.4 is 5.73 Å². The first kappa shape index (κ1) is 14.1. The van der Waals surface area contributed by atoms with Crippen LogP contribution in [0.4, 0.5) is 5.69 Å². The Bertz CT molecular complexity index is 621. The largest absolute Gasteiger partial charge is 0.478 e. The van der Waals surface area contributed by atoms with Gasteiger partial charge in [0, 0.05) is 37.6 Å². The molecule has 6 nitrogen and oxygen atoms in total. The zero-order valence-corrected chi connectivity index (χ0v) is 11.6. The number of aromatic nitrogens is 2. The van der Waals surface area contributed by atoms with Crippen LogP contribution in [0.3, 0.4) is 0 Å². The Balaban J connectivity index is 2.13. The van der Waals surface area contributed by atoms with Gasteiger partial charge in [0.05, 0.1) is 11.8 Å². The first-order valence-electron chi connectivity index (χ1n) is 6.24. The SMILES string of the molecule is CN(Cc1cnn(C)c1)Cc1cccc(N)c1C(=O)O. The molecule has 0 fully saturated rings. The molecule has 0 amide bonds. The first-order valence-corrected chi connectivity index (χ1v) is 6.24. The van der Waals surface area contributed by atoms with Crippen LogP contribution >= 0.6 is 0 Å². The van der Waals surface area contributed by atoms with Crippen LogP contribution in [0.25, 0.3) is 0 Å². The standard InChI is InChI=1S/C14H18N4O2/c1-17(7-10-6-16-18(2)8-10)9-11-4-3-5-12(15)13(11)14(19)20/h3-6,8H,7,9,15H2,1-2H3,(H,19,20). The molecular weight excluding hydrogens is 256 g/mol. The lowest BCUT2D eigenvalue weighted by molar-refractivity contribution is 0.0696. The van der Waals surface area contributed by atoms with Gasteiger partial charge in [0.2, 0.25) is 0 Å². The molecule has 0 saturated heterocycles. The second-order valence-corrected chi connectivity index (χ2v) is 4.88. The van der Waals surface area contributed by atoms with Crippen molar-refractivity contribution in [2.24, 2.45) is 7.05 Å². The molecule has 1 aromatic heterocycles. The van der Waals surface area contributed by atoms with E-state index < -0.39 is 5.97 Å². The molecule has 2 aromatic rings. The van der Waals surface area contributed by atoms with Crippen molar-refractivity contribution in [1.82, 2.24) is 14.7 Å². The molecule has 6 heteroatoms. The summed E-state index contributed by atoms with van der Waals surface area (Å²) in [4.78, 5) is 13.3. The summed E-state index contributed by atoms with van der Waals surface area (Å²) >= 11 is 0. The van der Waals surface area contributed by atoms with E-state index in [4.69, 9.17) is 5.73 Å². The normalized spacial score (nSPS) is 10.9. The highest BCUT2D eigenvalue weighted by Crippen LogP contribution is 2.19. The fraction of sp³-hybridized carbons (Fsp3) is 0.286. The second-order valence-electron chi connectivity index (χ2n) is 4.88. The van der Waals surface area contributed by atoms with Crippen LogP contribution in [0.5, 0.6) is 0 Å². The number of nitrogens with zero attached hydrogens (tertiary/aromatic N) is 3. The molecule has 0 bridgehead atoms. The van der Waals surface area contributed by atoms with Crippen molar-refractivity contribution in [3.05, 3.63) is 47.3 Å². The van der Waals surface area contributed by atoms with E-state index in [9.17, 15) is 9.90 Å². The number of rotatable bonds is 5. The molecule has 20 heavy (non-hydrogen) atoms. The van der Waals surface area contributed by atoms with Crippen LogP contribution in [-0.4, -0.2) is 32.8 Å². The number of carboxylic acid groups (broad SMARTS) is 1. The summed E-state index contributed by atoms with van der Waals surface area (Å²) in [5.41, 5.74) is 8.01. The molecule has 0 aliphatic heterocycles. The molecule has 106 valence electrons. The highest BCUT2D eigenvalue weighted by molar-refractivity contribution is 5.95. The lowest BCUT2D eigenvalue weighted by atomic mass is 10.0. The van der Waals surface area contributed by atoms with E-state index >= 15 is 0 Å². The number of nitrogens with two attached hydrogens (primary N) is 1. The predicted molar refractivity (Wildman–Crippen MR) is 76.2 cm³/mol. The van der Waals surface area contributed by atoms with Crippen molar-refractivity contribution in [3.63, 3.8) is 0 Å². The van der Waals surface area contributed by atoms with Gasteiger partial charge in [-0.05, 0) is 18.7 Å². The van der Waals surface area contributed by atoms with E-state index in [0.717, 1.165) is 5.56 Å². The predicted octanol–water partition coefficient (Wildman–Crippen LogP) is 1.33. The zero-order valence-electron chi connectivity index (χ0n) is 11.6. The minimum Gasteiger partial charge on any atom is -0.478 e. The number of aromatic carboxylic acids is 1. The lowest BCUT2D eigenvalue weighted by Crippen LogP contribution is -2.19. The molecule has 2 rings (SSSR count). The fourth-order valence-corrected chi connectivity index (χ4v) is 2.22. The van der Waals surface area contributed by atoms with E-state index in [2.05, 4.69) is 5.10 Å². The van der Waals surface area contributed by atoms with Crippen LogP contribution in [0.1, 0.15) is 21.5 Å². The summed E-state index contributed by atoms with van der Waals surface area (Å²) < 4.78 is 1.74.